The minimum Gasteiger partial charge on any atom is -0.335 e. The van der Waals surface area contributed by atoms with Crippen molar-refractivity contribution in [1.82, 2.24) is 10.2 Å². The standard InChI is InChI=1S/C24H29N3O2/c28-23(26-21-15-8-7-14-20(21)18-10-3-1-4-11-18)22-16-9-17-27(22)24(29)25-19-12-5-2-6-13-19/h1,3-4,7-8,10-11,14-15,19,22H,2,5-6,9,12-13,16-17H2,(H,25,29)(H,26,28)/t22-/m0/s1. The first-order valence-corrected chi connectivity index (χ1v) is 10.7. The summed E-state index contributed by atoms with van der Waals surface area (Å²) in [7, 11) is 0. The topological polar surface area (TPSA) is 61.4 Å². The maximum absolute atomic E-state index is 13.1. The minimum atomic E-state index is -0.414. The maximum Gasteiger partial charge on any atom is 0.318 e. The third kappa shape index (κ3) is 4.61. The number of benzene rings is 2. The number of amides is 3. The zero-order valence-electron chi connectivity index (χ0n) is 16.8. The molecule has 0 bridgehead atoms. The van der Waals surface area contributed by atoms with Gasteiger partial charge in [0.2, 0.25) is 5.91 Å². The summed E-state index contributed by atoms with van der Waals surface area (Å²) < 4.78 is 0. The lowest BCUT2D eigenvalue weighted by molar-refractivity contribution is -0.119. The molecule has 29 heavy (non-hydrogen) atoms. The van der Waals surface area contributed by atoms with E-state index >= 15 is 0 Å². The maximum atomic E-state index is 13.1. The van der Waals surface area contributed by atoms with E-state index in [2.05, 4.69) is 10.6 Å². The quantitative estimate of drug-likeness (QED) is 0.786. The molecule has 4 rings (SSSR count). The van der Waals surface area contributed by atoms with Gasteiger partial charge in [0.15, 0.2) is 0 Å². The number of para-hydroxylation sites is 1. The van der Waals surface area contributed by atoms with Crippen LogP contribution in [0.1, 0.15) is 44.9 Å². The van der Waals surface area contributed by atoms with Crippen LogP contribution in [0, 0.1) is 0 Å². The molecular weight excluding hydrogens is 362 g/mol. The number of hydrogen-bond donors (Lipinski definition) is 2. The third-order valence-electron chi connectivity index (χ3n) is 6.02. The second-order valence-electron chi connectivity index (χ2n) is 8.04. The first-order valence-electron chi connectivity index (χ1n) is 10.7. The number of rotatable bonds is 4. The molecule has 2 aromatic carbocycles. The van der Waals surface area contributed by atoms with Crippen molar-refractivity contribution >= 4 is 17.6 Å². The molecule has 0 radical (unpaired) electrons. The van der Waals surface area contributed by atoms with Gasteiger partial charge in [0, 0.05) is 23.8 Å². The van der Waals surface area contributed by atoms with Crippen LogP contribution in [0.3, 0.4) is 0 Å². The highest BCUT2D eigenvalue weighted by Crippen LogP contribution is 2.29. The Balaban J connectivity index is 1.45. The lowest BCUT2D eigenvalue weighted by atomic mass is 9.96. The van der Waals surface area contributed by atoms with Crippen molar-refractivity contribution in [1.29, 1.82) is 0 Å². The second kappa shape index (κ2) is 9.12. The molecule has 1 aliphatic carbocycles. The third-order valence-corrected chi connectivity index (χ3v) is 6.02. The van der Waals surface area contributed by atoms with E-state index in [0.717, 1.165) is 36.1 Å². The van der Waals surface area contributed by atoms with Gasteiger partial charge in [-0.25, -0.2) is 4.79 Å². The van der Waals surface area contributed by atoms with Gasteiger partial charge in [-0.1, -0.05) is 67.8 Å². The van der Waals surface area contributed by atoms with E-state index in [1.165, 1.54) is 19.3 Å². The zero-order valence-corrected chi connectivity index (χ0v) is 16.8. The summed E-state index contributed by atoms with van der Waals surface area (Å²) in [5, 5.41) is 6.23. The molecule has 5 nitrogen and oxygen atoms in total. The van der Waals surface area contributed by atoms with E-state index in [9.17, 15) is 9.59 Å². The molecule has 1 heterocycles. The van der Waals surface area contributed by atoms with Crippen LogP contribution >= 0.6 is 0 Å². The Labute approximate surface area is 172 Å². The normalized spacial score (nSPS) is 19.7. The number of nitrogens with one attached hydrogen (secondary N) is 2. The van der Waals surface area contributed by atoms with Crippen LogP contribution in [0.15, 0.2) is 54.6 Å². The number of carbonyl (C=O) groups excluding carboxylic acids is 2. The number of likely N-dealkylation sites (tertiary alicyclic amines) is 1. The Morgan fingerprint density at radius 2 is 1.55 bits per heavy atom. The van der Waals surface area contributed by atoms with E-state index < -0.39 is 6.04 Å². The highest BCUT2D eigenvalue weighted by atomic mass is 16.2. The van der Waals surface area contributed by atoms with Crippen LogP contribution in [0.25, 0.3) is 11.1 Å². The van der Waals surface area contributed by atoms with Crippen LogP contribution in [0.2, 0.25) is 0 Å². The first-order chi connectivity index (χ1) is 14.2. The molecule has 1 aliphatic heterocycles. The molecule has 0 unspecified atom stereocenters. The molecule has 5 heteroatoms. The van der Waals surface area contributed by atoms with Gasteiger partial charge < -0.3 is 15.5 Å². The Morgan fingerprint density at radius 3 is 2.34 bits per heavy atom. The fourth-order valence-electron chi connectivity index (χ4n) is 4.46. The van der Waals surface area contributed by atoms with E-state index in [0.29, 0.717) is 13.0 Å². The molecular formula is C24H29N3O2. The highest BCUT2D eigenvalue weighted by Gasteiger charge is 2.35. The Kier molecular flexibility index (Phi) is 6.13. The van der Waals surface area contributed by atoms with Gasteiger partial charge in [0.25, 0.3) is 0 Å². The van der Waals surface area contributed by atoms with Crippen molar-refractivity contribution in [2.24, 2.45) is 0 Å². The van der Waals surface area contributed by atoms with Gasteiger partial charge >= 0.3 is 6.03 Å². The molecule has 3 amide bonds. The van der Waals surface area contributed by atoms with Gasteiger partial charge in [-0.05, 0) is 37.3 Å². The van der Waals surface area contributed by atoms with Gasteiger partial charge in [0.1, 0.15) is 6.04 Å². The van der Waals surface area contributed by atoms with E-state index in [-0.39, 0.29) is 18.0 Å². The van der Waals surface area contributed by atoms with Gasteiger partial charge in [-0.3, -0.25) is 4.79 Å². The second-order valence-corrected chi connectivity index (χ2v) is 8.04. The summed E-state index contributed by atoms with van der Waals surface area (Å²) in [6.07, 6.45) is 7.24. The molecule has 2 fully saturated rings. The number of nitrogens with zero attached hydrogens (tertiary/aromatic N) is 1. The Morgan fingerprint density at radius 1 is 0.828 bits per heavy atom. The van der Waals surface area contributed by atoms with Crippen LogP contribution in [0.5, 0.6) is 0 Å². The predicted octanol–water partition coefficient (Wildman–Crippen LogP) is 4.80. The van der Waals surface area contributed by atoms with Crippen LogP contribution < -0.4 is 10.6 Å². The fraction of sp³-hybridized carbons (Fsp3) is 0.417. The van der Waals surface area contributed by atoms with Crippen LogP contribution in [-0.2, 0) is 4.79 Å². The number of carbonyl (C=O) groups is 2. The summed E-state index contributed by atoms with van der Waals surface area (Å²) >= 11 is 0. The van der Waals surface area contributed by atoms with E-state index in [1.807, 2.05) is 54.6 Å². The lowest BCUT2D eigenvalue weighted by Crippen LogP contribution is -2.50. The summed E-state index contributed by atoms with van der Waals surface area (Å²) in [5.41, 5.74) is 2.82. The summed E-state index contributed by atoms with van der Waals surface area (Å²) in [4.78, 5) is 27.6. The fourth-order valence-corrected chi connectivity index (χ4v) is 4.46. The molecule has 2 aliphatic rings. The summed E-state index contributed by atoms with van der Waals surface area (Å²) in [6.45, 7) is 0.636. The molecule has 152 valence electrons. The van der Waals surface area contributed by atoms with Crippen molar-refractivity contribution in [3.05, 3.63) is 54.6 Å². The molecule has 0 spiro atoms. The van der Waals surface area contributed by atoms with Gasteiger partial charge in [-0.15, -0.1) is 0 Å². The van der Waals surface area contributed by atoms with E-state index in [4.69, 9.17) is 0 Å². The minimum absolute atomic E-state index is 0.0918. The molecule has 2 N–H and O–H groups in total. The van der Waals surface area contributed by atoms with Crippen molar-refractivity contribution in [3.8, 4) is 11.1 Å². The average Bonchev–Trinajstić information content (AvgIpc) is 3.26. The number of hydrogen-bond acceptors (Lipinski definition) is 2. The monoisotopic (exact) mass is 391 g/mol. The van der Waals surface area contributed by atoms with Crippen LogP contribution in [0.4, 0.5) is 10.5 Å². The predicted molar refractivity (Wildman–Crippen MR) is 116 cm³/mol. The summed E-state index contributed by atoms with van der Waals surface area (Å²) in [5.74, 6) is -0.107. The average molecular weight is 392 g/mol. The van der Waals surface area contributed by atoms with Gasteiger partial charge in [-0.2, -0.15) is 0 Å². The Bertz CT molecular complexity index is 846. The van der Waals surface area contributed by atoms with Crippen molar-refractivity contribution < 1.29 is 9.59 Å². The Hall–Kier alpha value is -2.82. The van der Waals surface area contributed by atoms with Crippen LogP contribution in [-0.4, -0.2) is 35.5 Å². The molecule has 1 atom stereocenters. The van der Waals surface area contributed by atoms with E-state index in [1.54, 1.807) is 4.90 Å². The molecule has 0 aromatic heterocycles. The number of urea groups is 1. The highest BCUT2D eigenvalue weighted by molar-refractivity contribution is 6.00. The van der Waals surface area contributed by atoms with Crippen molar-refractivity contribution in [2.75, 3.05) is 11.9 Å². The molecule has 1 saturated heterocycles. The van der Waals surface area contributed by atoms with Crippen molar-refractivity contribution in [3.63, 3.8) is 0 Å². The first kappa shape index (κ1) is 19.5. The largest absolute Gasteiger partial charge is 0.335 e. The SMILES string of the molecule is O=C(Nc1ccccc1-c1ccccc1)[C@@H]1CCCN1C(=O)NC1CCCCC1. The van der Waals surface area contributed by atoms with Gasteiger partial charge in [0.05, 0.1) is 0 Å². The smallest absolute Gasteiger partial charge is 0.318 e. The molecule has 1 saturated carbocycles. The zero-order chi connectivity index (χ0) is 20.1. The number of anilines is 1. The summed E-state index contributed by atoms with van der Waals surface area (Å²) in [6, 6.07) is 17.6. The van der Waals surface area contributed by atoms with Crippen molar-refractivity contribution in [2.45, 2.75) is 57.0 Å². The molecule has 2 aromatic rings. The lowest BCUT2D eigenvalue weighted by Gasteiger charge is -2.29.